The molecule has 2 aromatic carbocycles. The highest BCUT2D eigenvalue weighted by atomic mass is 35.5. The van der Waals surface area contributed by atoms with Gasteiger partial charge in [0.2, 0.25) is 11.8 Å². The molecule has 2 fully saturated rings. The SMILES string of the molecule is CC(=O)N1CCC(C(=O)N2CCN(C[C@H](OCc3ccc(C(F)(F)F)cc3)c3ccc(Cl)cc3)CC2)CC1. The van der Waals surface area contributed by atoms with Crippen LogP contribution in [0.15, 0.2) is 48.5 Å². The molecule has 0 spiro atoms. The number of hydrogen-bond donors (Lipinski definition) is 0. The lowest BCUT2D eigenvalue weighted by Crippen LogP contribution is -2.52. The van der Waals surface area contributed by atoms with Crippen molar-refractivity contribution < 1.29 is 27.5 Å². The first-order chi connectivity index (χ1) is 18.1. The topological polar surface area (TPSA) is 53.1 Å². The van der Waals surface area contributed by atoms with Crippen molar-refractivity contribution in [2.24, 2.45) is 5.92 Å². The molecule has 2 heterocycles. The van der Waals surface area contributed by atoms with Crippen molar-refractivity contribution in [1.29, 1.82) is 0 Å². The third kappa shape index (κ3) is 7.48. The minimum atomic E-state index is -4.37. The van der Waals surface area contributed by atoms with Gasteiger partial charge in [-0.25, -0.2) is 0 Å². The van der Waals surface area contributed by atoms with Crippen molar-refractivity contribution in [1.82, 2.24) is 14.7 Å². The van der Waals surface area contributed by atoms with Gasteiger partial charge in [0.05, 0.1) is 18.3 Å². The standard InChI is InChI=1S/C28H33ClF3N3O3/c1-20(36)34-12-10-23(11-13-34)27(37)35-16-14-33(15-17-35)18-26(22-4-8-25(29)9-5-22)38-19-21-2-6-24(7-3-21)28(30,31)32/h2-9,23,26H,10-19H2,1H3/t26-/m0/s1. The summed E-state index contributed by atoms with van der Waals surface area (Å²) >= 11 is 6.07. The number of nitrogens with zero attached hydrogens (tertiary/aromatic N) is 3. The van der Waals surface area contributed by atoms with Crippen molar-refractivity contribution in [2.75, 3.05) is 45.8 Å². The van der Waals surface area contributed by atoms with E-state index in [2.05, 4.69) is 4.90 Å². The number of hydrogen-bond acceptors (Lipinski definition) is 4. The van der Waals surface area contributed by atoms with Crippen molar-refractivity contribution in [3.63, 3.8) is 0 Å². The van der Waals surface area contributed by atoms with Crippen LogP contribution in [0.1, 0.15) is 42.6 Å². The molecule has 1 atom stereocenters. The third-order valence-electron chi connectivity index (χ3n) is 7.37. The first-order valence-corrected chi connectivity index (χ1v) is 13.3. The summed E-state index contributed by atoms with van der Waals surface area (Å²) in [6.45, 7) is 6.22. The molecule has 38 heavy (non-hydrogen) atoms. The number of carbonyl (C=O) groups excluding carboxylic acids is 2. The Balaban J connectivity index is 1.33. The Morgan fingerprint density at radius 3 is 2.08 bits per heavy atom. The van der Waals surface area contributed by atoms with Gasteiger partial charge in [0.15, 0.2) is 0 Å². The molecule has 10 heteroatoms. The molecule has 0 unspecified atom stereocenters. The summed E-state index contributed by atoms with van der Waals surface area (Å²) in [7, 11) is 0. The Morgan fingerprint density at radius 1 is 0.921 bits per heavy atom. The number of ether oxygens (including phenoxy) is 1. The van der Waals surface area contributed by atoms with E-state index in [0.717, 1.165) is 17.7 Å². The van der Waals surface area contributed by atoms with Gasteiger partial charge in [-0.3, -0.25) is 14.5 Å². The number of benzene rings is 2. The van der Waals surface area contributed by atoms with Crippen LogP contribution in [0, 0.1) is 5.92 Å². The predicted molar refractivity (Wildman–Crippen MR) is 138 cm³/mol. The zero-order valence-electron chi connectivity index (χ0n) is 21.4. The Kier molecular flexibility index (Phi) is 9.33. The third-order valence-corrected chi connectivity index (χ3v) is 7.62. The lowest BCUT2D eigenvalue weighted by atomic mass is 9.95. The number of carbonyl (C=O) groups is 2. The maximum absolute atomic E-state index is 13.1. The first kappa shape index (κ1) is 28.4. The molecule has 0 bridgehead atoms. The zero-order valence-corrected chi connectivity index (χ0v) is 22.2. The van der Waals surface area contributed by atoms with Gasteiger partial charge in [-0.2, -0.15) is 13.2 Å². The second kappa shape index (κ2) is 12.5. The van der Waals surface area contributed by atoms with Crippen LogP contribution in [0.25, 0.3) is 0 Å². The molecule has 6 nitrogen and oxygen atoms in total. The molecule has 2 saturated heterocycles. The highest BCUT2D eigenvalue weighted by Crippen LogP contribution is 2.30. The molecule has 0 saturated carbocycles. The van der Waals surface area contributed by atoms with E-state index in [0.29, 0.717) is 69.2 Å². The van der Waals surface area contributed by atoms with Crippen LogP contribution >= 0.6 is 11.6 Å². The van der Waals surface area contributed by atoms with E-state index in [1.165, 1.54) is 12.1 Å². The smallest absolute Gasteiger partial charge is 0.368 e. The average molecular weight is 552 g/mol. The van der Waals surface area contributed by atoms with Crippen LogP contribution in [0.4, 0.5) is 13.2 Å². The van der Waals surface area contributed by atoms with Crippen LogP contribution in [0.3, 0.4) is 0 Å². The Labute approximate surface area is 226 Å². The predicted octanol–water partition coefficient (Wildman–Crippen LogP) is 5.02. The van der Waals surface area contributed by atoms with E-state index in [-0.39, 0.29) is 30.4 Å². The van der Waals surface area contributed by atoms with E-state index in [1.54, 1.807) is 24.0 Å². The van der Waals surface area contributed by atoms with E-state index in [9.17, 15) is 22.8 Å². The van der Waals surface area contributed by atoms with Crippen molar-refractivity contribution >= 4 is 23.4 Å². The molecular weight excluding hydrogens is 519 g/mol. The van der Waals surface area contributed by atoms with Crippen molar-refractivity contribution in [2.45, 2.75) is 38.7 Å². The molecule has 0 aromatic heterocycles. The summed E-state index contributed by atoms with van der Waals surface area (Å²) < 4.78 is 44.9. The second-order valence-corrected chi connectivity index (χ2v) is 10.4. The number of piperidine rings is 1. The molecule has 0 radical (unpaired) electrons. The molecule has 0 aliphatic carbocycles. The molecule has 2 amide bonds. The van der Waals surface area contributed by atoms with Gasteiger partial charge < -0.3 is 14.5 Å². The average Bonchev–Trinajstić information content (AvgIpc) is 2.91. The lowest BCUT2D eigenvalue weighted by molar-refractivity contribution is -0.141. The zero-order chi connectivity index (χ0) is 27.3. The van der Waals surface area contributed by atoms with Crippen LogP contribution < -0.4 is 0 Å². The quantitative estimate of drug-likeness (QED) is 0.485. The highest BCUT2D eigenvalue weighted by Gasteiger charge is 2.32. The first-order valence-electron chi connectivity index (χ1n) is 12.9. The van der Waals surface area contributed by atoms with Gasteiger partial charge in [-0.05, 0) is 48.2 Å². The Morgan fingerprint density at radius 2 is 1.53 bits per heavy atom. The van der Waals surface area contributed by atoms with E-state index >= 15 is 0 Å². The van der Waals surface area contributed by atoms with Gasteiger partial charge in [-0.1, -0.05) is 35.9 Å². The normalized spacial score (nSPS) is 18.4. The maximum Gasteiger partial charge on any atom is 0.416 e. The fraction of sp³-hybridized carbons (Fsp3) is 0.500. The van der Waals surface area contributed by atoms with Gasteiger partial charge in [0.25, 0.3) is 0 Å². The molecular formula is C28H33ClF3N3O3. The van der Waals surface area contributed by atoms with E-state index in [4.69, 9.17) is 16.3 Å². The van der Waals surface area contributed by atoms with Gasteiger partial charge in [0.1, 0.15) is 0 Å². The van der Waals surface area contributed by atoms with Crippen LogP contribution in [-0.4, -0.2) is 72.3 Å². The van der Waals surface area contributed by atoms with E-state index < -0.39 is 11.7 Å². The Bertz CT molecular complexity index is 1080. The number of halogens is 4. The highest BCUT2D eigenvalue weighted by molar-refractivity contribution is 6.30. The minimum absolute atomic E-state index is 0.0361. The number of rotatable bonds is 7. The molecule has 2 aliphatic heterocycles. The van der Waals surface area contributed by atoms with Gasteiger partial charge in [0, 0.05) is 63.7 Å². The summed E-state index contributed by atoms with van der Waals surface area (Å²) in [4.78, 5) is 30.6. The van der Waals surface area contributed by atoms with Crippen LogP contribution in [0.5, 0.6) is 0 Å². The number of amides is 2. The summed E-state index contributed by atoms with van der Waals surface area (Å²) in [6.07, 6.45) is -3.28. The molecule has 2 aliphatic rings. The monoisotopic (exact) mass is 551 g/mol. The largest absolute Gasteiger partial charge is 0.416 e. The molecule has 2 aromatic rings. The Hall–Kier alpha value is -2.62. The maximum atomic E-state index is 13.1. The van der Waals surface area contributed by atoms with E-state index in [1.807, 2.05) is 17.0 Å². The molecule has 206 valence electrons. The summed E-state index contributed by atoms with van der Waals surface area (Å²) in [5.74, 6) is 0.187. The molecule has 0 N–H and O–H groups in total. The fourth-order valence-electron chi connectivity index (χ4n) is 5.00. The van der Waals surface area contributed by atoms with Crippen molar-refractivity contribution in [3.8, 4) is 0 Å². The second-order valence-electron chi connectivity index (χ2n) is 9.95. The lowest BCUT2D eigenvalue weighted by Gasteiger charge is -2.39. The van der Waals surface area contributed by atoms with Crippen LogP contribution in [0.2, 0.25) is 5.02 Å². The number of piperazine rings is 1. The fourth-order valence-corrected chi connectivity index (χ4v) is 5.13. The summed E-state index contributed by atoms with van der Waals surface area (Å²) in [5.41, 5.74) is 0.896. The summed E-state index contributed by atoms with van der Waals surface area (Å²) in [6, 6.07) is 12.4. The number of likely N-dealkylation sites (tertiary alicyclic amines) is 1. The summed E-state index contributed by atoms with van der Waals surface area (Å²) in [5, 5.41) is 0.608. The van der Waals surface area contributed by atoms with Crippen LogP contribution in [-0.2, 0) is 27.1 Å². The van der Waals surface area contributed by atoms with Crippen molar-refractivity contribution in [3.05, 3.63) is 70.2 Å². The van der Waals surface area contributed by atoms with Gasteiger partial charge in [-0.15, -0.1) is 0 Å². The molecule has 4 rings (SSSR count). The number of alkyl halides is 3. The van der Waals surface area contributed by atoms with Gasteiger partial charge >= 0.3 is 6.18 Å². The minimum Gasteiger partial charge on any atom is -0.368 e.